The van der Waals surface area contributed by atoms with E-state index in [1.807, 2.05) is 37.3 Å². The normalized spacial score (nSPS) is 18.6. The van der Waals surface area contributed by atoms with E-state index in [2.05, 4.69) is 4.98 Å². The van der Waals surface area contributed by atoms with Crippen LogP contribution in [0.2, 0.25) is 0 Å². The van der Waals surface area contributed by atoms with Crippen molar-refractivity contribution in [3.05, 3.63) is 94.9 Å². The van der Waals surface area contributed by atoms with Gasteiger partial charge in [0.2, 0.25) is 0 Å². The first kappa shape index (κ1) is 31.2. The summed E-state index contributed by atoms with van der Waals surface area (Å²) in [6.45, 7) is 3.72. The van der Waals surface area contributed by atoms with E-state index in [0.717, 1.165) is 5.56 Å². The highest BCUT2D eigenvalue weighted by Gasteiger charge is 2.43. The second-order valence-corrected chi connectivity index (χ2v) is 12.0. The van der Waals surface area contributed by atoms with Crippen molar-refractivity contribution < 1.29 is 36.2 Å². The fourth-order valence-electron chi connectivity index (χ4n) is 5.68. The summed E-state index contributed by atoms with van der Waals surface area (Å²) in [5.41, 5.74) is -0.943. The van der Waals surface area contributed by atoms with Crippen LogP contribution < -0.4 is 5.14 Å². The van der Waals surface area contributed by atoms with Crippen LogP contribution in [0.25, 0.3) is 11.1 Å². The number of aliphatic hydroxyl groups is 1. The zero-order valence-electron chi connectivity index (χ0n) is 23.3. The van der Waals surface area contributed by atoms with Gasteiger partial charge in [-0.15, -0.1) is 0 Å². The van der Waals surface area contributed by atoms with E-state index in [4.69, 9.17) is 9.88 Å². The predicted molar refractivity (Wildman–Crippen MR) is 152 cm³/mol. The first-order valence-corrected chi connectivity index (χ1v) is 15.2. The lowest BCUT2D eigenvalue weighted by atomic mass is 9.78. The number of nitrogens with zero attached hydrogens (tertiary/aromatic N) is 1. The van der Waals surface area contributed by atoms with Crippen LogP contribution in [-0.4, -0.2) is 30.1 Å². The highest BCUT2D eigenvalue weighted by Crippen LogP contribution is 2.45. The predicted octanol–water partition coefficient (Wildman–Crippen LogP) is 6.84. The average molecular weight is 603 g/mol. The van der Waals surface area contributed by atoms with Gasteiger partial charge in [-0.25, -0.2) is 23.3 Å². The number of pyridine rings is 1. The fraction of sp³-hybridized carbons (Fsp3) is 0.355. The molecule has 2 aromatic carbocycles. The lowest BCUT2D eigenvalue weighted by molar-refractivity contribution is -0.161. The minimum atomic E-state index is -4.80. The van der Waals surface area contributed by atoms with Gasteiger partial charge in [0.15, 0.2) is 5.03 Å². The molecule has 1 aliphatic rings. The number of carbonyl (C=O) groups excluding carboxylic acids is 1. The molecule has 4 rings (SSSR count). The van der Waals surface area contributed by atoms with Crippen molar-refractivity contribution in [1.82, 2.24) is 4.98 Å². The Morgan fingerprint density at radius 1 is 1.05 bits per heavy atom. The number of sulfonamides is 1. The maximum Gasteiger partial charge on any atom is 0.417 e. The van der Waals surface area contributed by atoms with Crippen LogP contribution in [-0.2, 0) is 32.2 Å². The first-order chi connectivity index (χ1) is 19.8. The Bertz CT molecular complexity index is 1590. The molecule has 2 atom stereocenters. The second kappa shape index (κ2) is 12.3. The zero-order chi connectivity index (χ0) is 30.7. The first-order valence-electron chi connectivity index (χ1n) is 13.7. The number of nitrogens with two attached hydrogens (primary N) is 1. The Labute approximate surface area is 243 Å². The number of esters is 1. The molecule has 0 saturated heterocycles. The highest BCUT2D eigenvalue weighted by molar-refractivity contribution is 7.89. The number of primary sulfonamides is 1. The number of hydrogen-bond donors (Lipinski definition) is 2. The number of hydrogen-bond acceptors (Lipinski definition) is 6. The Balaban J connectivity index is 1.80. The molecule has 0 saturated carbocycles. The average Bonchev–Trinajstić information content (AvgIpc) is 2.93. The topological polar surface area (TPSA) is 120 Å². The van der Waals surface area contributed by atoms with Crippen LogP contribution in [0.1, 0.15) is 68.6 Å². The van der Waals surface area contributed by atoms with Gasteiger partial charge in [-0.2, -0.15) is 13.2 Å². The van der Waals surface area contributed by atoms with Gasteiger partial charge < -0.3 is 9.84 Å². The third-order valence-corrected chi connectivity index (χ3v) is 8.44. The smallest absolute Gasteiger partial charge is 0.417 e. The molecule has 0 aliphatic carbocycles. The van der Waals surface area contributed by atoms with Gasteiger partial charge in [-0.05, 0) is 48.4 Å². The summed E-state index contributed by atoms with van der Waals surface area (Å²) in [5.74, 6) is -1.68. The van der Waals surface area contributed by atoms with Crippen molar-refractivity contribution in [3.8, 4) is 11.1 Å². The van der Waals surface area contributed by atoms with Gasteiger partial charge in [0.1, 0.15) is 11.4 Å². The molecule has 3 aromatic rings. The van der Waals surface area contributed by atoms with Gasteiger partial charge in [-0.3, -0.25) is 0 Å². The Morgan fingerprint density at radius 2 is 1.71 bits per heavy atom. The molecule has 0 fully saturated rings. The van der Waals surface area contributed by atoms with E-state index in [1.165, 1.54) is 12.1 Å². The summed E-state index contributed by atoms with van der Waals surface area (Å²) >= 11 is 0. The number of aromatic nitrogens is 1. The lowest BCUT2D eigenvalue weighted by Gasteiger charge is -2.39. The molecule has 0 bridgehead atoms. The summed E-state index contributed by atoms with van der Waals surface area (Å²) < 4.78 is 71.6. The van der Waals surface area contributed by atoms with Crippen LogP contribution in [0.15, 0.2) is 83.2 Å². The Kier molecular flexibility index (Phi) is 9.12. The van der Waals surface area contributed by atoms with E-state index >= 15 is 0 Å². The number of aryl methyl sites for hydroxylation is 1. The molecule has 3 N–H and O–H groups in total. The molecular weight excluding hydrogens is 569 g/mol. The van der Waals surface area contributed by atoms with Crippen molar-refractivity contribution in [1.29, 1.82) is 0 Å². The van der Waals surface area contributed by atoms with Crippen LogP contribution in [0, 0.1) is 0 Å². The van der Waals surface area contributed by atoms with Crippen molar-refractivity contribution in [2.24, 2.45) is 5.14 Å². The monoisotopic (exact) mass is 602 g/mol. The second-order valence-electron chi connectivity index (χ2n) is 10.5. The summed E-state index contributed by atoms with van der Waals surface area (Å²) in [6.07, 6.45) is -1.67. The molecule has 1 aromatic heterocycles. The highest BCUT2D eigenvalue weighted by atomic mass is 32.2. The fourth-order valence-corrected chi connectivity index (χ4v) is 6.35. The van der Waals surface area contributed by atoms with Crippen LogP contribution in [0.5, 0.6) is 0 Å². The number of ether oxygens (including phenoxy) is 1. The largest absolute Gasteiger partial charge is 0.512 e. The molecule has 0 spiro atoms. The third-order valence-electron chi connectivity index (χ3n) is 7.58. The standard InChI is InChI=1S/C31H33F3N2O5S/c1-3-15-30(16-14-20-10-6-5-7-11-20)18-26(37)27(29(38)41-30)22(4-2)23-12-8-9-13-24(23)25-17-21(31(32,33)34)19-36-28(25)42(35,39)40/h5-13,17,19,22,37H,3-4,14-16,18H2,1-2H3,(H2,35,39,40)/t22-,30-/m1/s1. The van der Waals surface area contributed by atoms with Crippen molar-refractivity contribution >= 4 is 16.0 Å². The summed E-state index contributed by atoms with van der Waals surface area (Å²) in [5, 5.41) is 16.0. The number of rotatable bonds is 10. The molecule has 224 valence electrons. The summed E-state index contributed by atoms with van der Waals surface area (Å²) in [4.78, 5) is 17.2. The molecule has 0 unspecified atom stereocenters. The van der Waals surface area contributed by atoms with Gasteiger partial charge in [0.05, 0.1) is 11.1 Å². The van der Waals surface area contributed by atoms with E-state index < -0.39 is 44.3 Å². The number of aliphatic hydroxyl groups excluding tert-OH is 1. The maximum absolute atomic E-state index is 13.6. The van der Waals surface area contributed by atoms with Gasteiger partial charge >= 0.3 is 12.1 Å². The van der Waals surface area contributed by atoms with Crippen molar-refractivity contribution in [2.45, 2.75) is 75.1 Å². The molecular formula is C31H33F3N2O5S. The molecule has 0 radical (unpaired) electrons. The van der Waals surface area contributed by atoms with Crippen LogP contribution in [0.4, 0.5) is 13.2 Å². The van der Waals surface area contributed by atoms with E-state index in [9.17, 15) is 31.5 Å². The van der Waals surface area contributed by atoms with Crippen molar-refractivity contribution in [3.63, 3.8) is 0 Å². The minimum absolute atomic E-state index is 0.00604. The van der Waals surface area contributed by atoms with Gasteiger partial charge in [-0.1, -0.05) is 74.9 Å². The molecule has 7 nitrogen and oxygen atoms in total. The number of alkyl halides is 3. The maximum atomic E-state index is 13.6. The molecule has 1 aliphatic heterocycles. The SMILES string of the molecule is CCC[C@@]1(CCc2ccccc2)CC(O)=C([C@H](CC)c2ccccc2-c2cc(C(F)(F)F)cnc2S(N)(=O)=O)C(=O)O1. The number of halogens is 3. The van der Waals surface area contributed by atoms with E-state index in [-0.39, 0.29) is 35.3 Å². The number of benzene rings is 2. The van der Waals surface area contributed by atoms with E-state index in [1.54, 1.807) is 19.1 Å². The quantitative estimate of drug-likeness (QED) is 0.245. The number of cyclic esters (lactones) is 1. The molecule has 0 amide bonds. The number of carbonyl (C=O) groups is 1. The van der Waals surface area contributed by atoms with Crippen LogP contribution >= 0.6 is 0 Å². The van der Waals surface area contributed by atoms with Gasteiger partial charge in [0, 0.05) is 24.1 Å². The molecule has 2 heterocycles. The lowest BCUT2D eigenvalue weighted by Crippen LogP contribution is -2.41. The van der Waals surface area contributed by atoms with Crippen molar-refractivity contribution in [2.75, 3.05) is 0 Å². The summed E-state index contributed by atoms with van der Waals surface area (Å²) in [7, 11) is -4.52. The van der Waals surface area contributed by atoms with Crippen LogP contribution in [0.3, 0.4) is 0 Å². The van der Waals surface area contributed by atoms with E-state index in [0.29, 0.717) is 43.5 Å². The summed E-state index contributed by atoms with van der Waals surface area (Å²) in [6, 6.07) is 16.6. The third kappa shape index (κ3) is 6.68. The zero-order valence-corrected chi connectivity index (χ0v) is 24.1. The minimum Gasteiger partial charge on any atom is -0.512 e. The Morgan fingerprint density at radius 3 is 2.31 bits per heavy atom. The molecule has 11 heteroatoms. The van der Waals surface area contributed by atoms with Gasteiger partial charge in [0.25, 0.3) is 10.0 Å². The molecule has 42 heavy (non-hydrogen) atoms. The Hall–Kier alpha value is -3.70.